The SMILES string of the molecule is CC[C@H](c1cc(Br)c(O)c(Br)c1)N1CCNCC1. The number of halogens is 2. The summed E-state index contributed by atoms with van der Waals surface area (Å²) in [6.45, 7) is 6.47. The van der Waals surface area contributed by atoms with Gasteiger partial charge in [-0.15, -0.1) is 0 Å². The highest BCUT2D eigenvalue weighted by atomic mass is 79.9. The topological polar surface area (TPSA) is 35.5 Å². The van der Waals surface area contributed by atoms with Crippen molar-refractivity contribution in [1.29, 1.82) is 0 Å². The molecule has 1 aromatic carbocycles. The molecule has 2 rings (SSSR count). The third kappa shape index (κ3) is 3.07. The second-order valence-corrected chi connectivity index (χ2v) is 6.25. The van der Waals surface area contributed by atoms with Gasteiger partial charge in [0.25, 0.3) is 0 Å². The van der Waals surface area contributed by atoms with Crippen LogP contribution in [0.3, 0.4) is 0 Å². The fourth-order valence-corrected chi connectivity index (χ4v) is 3.70. The number of phenolic OH excluding ortho intramolecular Hbond substituents is 1. The van der Waals surface area contributed by atoms with Gasteiger partial charge in [0, 0.05) is 32.2 Å². The fourth-order valence-electron chi connectivity index (χ4n) is 2.48. The minimum Gasteiger partial charge on any atom is -0.506 e. The van der Waals surface area contributed by atoms with Crippen LogP contribution in [0.1, 0.15) is 24.9 Å². The van der Waals surface area contributed by atoms with E-state index in [1.807, 2.05) is 12.1 Å². The lowest BCUT2D eigenvalue weighted by atomic mass is 10.0. The van der Waals surface area contributed by atoms with Gasteiger partial charge in [-0.3, -0.25) is 4.90 Å². The van der Waals surface area contributed by atoms with Crippen molar-refractivity contribution in [2.75, 3.05) is 26.2 Å². The monoisotopic (exact) mass is 376 g/mol. The fraction of sp³-hybridized carbons (Fsp3) is 0.538. The average Bonchev–Trinajstić information content (AvgIpc) is 2.38. The number of rotatable bonds is 3. The molecule has 0 amide bonds. The van der Waals surface area contributed by atoms with E-state index in [0.29, 0.717) is 6.04 Å². The Morgan fingerprint density at radius 3 is 2.33 bits per heavy atom. The molecular weight excluding hydrogens is 360 g/mol. The number of phenols is 1. The summed E-state index contributed by atoms with van der Waals surface area (Å²) >= 11 is 6.82. The van der Waals surface area contributed by atoms with E-state index >= 15 is 0 Å². The summed E-state index contributed by atoms with van der Waals surface area (Å²) < 4.78 is 1.50. The molecule has 0 spiro atoms. The molecule has 2 N–H and O–H groups in total. The quantitative estimate of drug-likeness (QED) is 0.848. The molecule has 1 fully saturated rings. The lowest BCUT2D eigenvalue weighted by Gasteiger charge is -2.35. The molecule has 0 bridgehead atoms. The predicted molar refractivity (Wildman–Crippen MR) is 81.0 cm³/mol. The molecule has 0 unspecified atom stereocenters. The number of aromatic hydroxyl groups is 1. The minimum atomic E-state index is 0.272. The van der Waals surface area contributed by atoms with Gasteiger partial charge < -0.3 is 10.4 Å². The van der Waals surface area contributed by atoms with Crippen molar-refractivity contribution in [3.63, 3.8) is 0 Å². The number of hydrogen-bond donors (Lipinski definition) is 2. The van der Waals surface area contributed by atoms with E-state index in [-0.39, 0.29) is 5.75 Å². The Morgan fingerprint density at radius 2 is 1.83 bits per heavy atom. The Morgan fingerprint density at radius 1 is 1.28 bits per heavy atom. The lowest BCUT2D eigenvalue weighted by Crippen LogP contribution is -2.45. The van der Waals surface area contributed by atoms with Crippen LogP contribution in [0.4, 0.5) is 0 Å². The Kier molecular flexibility index (Phi) is 5.06. The summed E-state index contributed by atoms with van der Waals surface area (Å²) in [5.41, 5.74) is 1.25. The first-order chi connectivity index (χ1) is 8.63. The van der Waals surface area contributed by atoms with Gasteiger partial charge in [-0.2, -0.15) is 0 Å². The first kappa shape index (κ1) is 14.3. The largest absolute Gasteiger partial charge is 0.506 e. The Bertz CT molecular complexity index is 396. The third-order valence-corrected chi connectivity index (χ3v) is 4.61. The lowest BCUT2D eigenvalue weighted by molar-refractivity contribution is 0.169. The Labute approximate surface area is 125 Å². The van der Waals surface area contributed by atoms with Crippen LogP contribution in [0.15, 0.2) is 21.1 Å². The normalized spacial score (nSPS) is 18.8. The first-order valence-corrected chi connectivity index (χ1v) is 7.84. The van der Waals surface area contributed by atoms with Gasteiger partial charge in [-0.05, 0) is 56.0 Å². The van der Waals surface area contributed by atoms with Crippen molar-refractivity contribution in [2.24, 2.45) is 0 Å². The van der Waals surface area contributed by atoms with Crippen LogP contribution in [0, 0.1) is 0 Å². The summed E-state index contributed by atoms with van der Waals surface area (Å²) in [6, 6.07) is 4.47. The Hall–Kier alpha value is -0.100. The molecule has 0 saturated carbocycles. The molecule has 100 valence electrons. The van der Waals surface area contributed by atoms with E-state index in [2.05, 4.69) is 49.0 Å². The number of hydrogen-bond acceptors (Lipinski definition) is 3. The molecule has 18 heavy (non-hydrogen) atoms. The van der Waals surface area contributed by atoms with Gasteiger partial charge in [-0.25, -0.2) is 0 Å². The van der Waals surface area contributed by atoms with E-state index in [1.54, 1.807) is 0 Å². The van der Waals surface area contributed by atoms with Crippen LogP contribution < -0.4 is 5.32 Å². The number of piperazine rings is 1. The van der Waals surface area contributed by atoms with Crippen molar-refractivity contribution in [3.05, 3.63) is 26.6 Å². The molecule has 5 heteroatoms. The molecule has 0 radical (unpaired) electrons. The van der Waals surface area contributed by atoms with E-state index in [4.69, 9.17) is 0 Å². The first-order valence-electron chi connectivity index (χ1n) is 6.26. The summed E-state index contributed by atoms with van der Waals surface area (Å²) in [7, 11) is 0. The van der Waals surface area contributed by atoms with Crippen LogP contribution >= 0.6 is 31.9 Å². The summed E-state index contributed by atoms with van der Waals surface area (Å²) in [4.78, 5) is 2.50. The number of nitrogens with one attached hydrogen (secondary N) is 1. The second kappa shape index (κ2) is 6.37. The maximum Gasteiger partial charge on any atom is 0.143 e. The number of nitrogens with zero attached hydrogens (tertiary/aromatic N) is 1. The van der Waals surface area contributed by atoms with Crippen LogP contribution in [-0.2, 0) is 0 Å². The molecule has 1 atom stereocenters. The highest BCUT2D eigenvalue weighted by Crippen LogP contribution is 2.37. The van der Waals surface area contributed by atoms with E-state index in [1.165, 1.54) is 5.56 Å². The van der Waals surface area contributed by atoms with Gasteiger partial charge in [0.1, 0.15) is 5.75 Å². The van der Waals surface area contributed by atoms with Crippen LogP contribution in [0.5, 0.6) is 5.75 Å². The zero-order chi connectivity index (χ0) is 13.1. The van der Waals surface area contributed by atoms with Crippen LogP contribution in [0.25, 0.3) is 0 Å². The van der Waals surface area contributed by atoms with Crippen molar-refractivity contribution in [2.45, 2.75) is 19.4 Å². The molecule has 1 saturated heterocycles. The van der Waals surface area contributed by atoms with E-state index in [0.717, 1.165) is 41.5 Å². The zero-order valence-electron chi connectivity index (χ0n) is 10.4. The van der Waals surface area contributed by atoms with Gasteiger partial charge in [0.15, 0.2) is 0 Å². The smallest absolute Gasteiger partial charge is 0.143 e. The summed E-state index contributed by atoms with van der Waals surface area (Å²) in [5, 5.41) is 13.2. The Balaban J connectivity index is 2.26. The van der Waals surface area contributed by atoms with Crippen LogP contribution in [0.2, 0.25) is 0 Å². The maximum atomic E-state index is 9.78. The highest BCUT2D eigenvalue weighted by Gasteiger charge is 2.21. The third-order valence-electron chi connectivity index (χ3n) is 3.40. The summed E-state index contributed by atoms with van der Waals surface area (Å²) in [5.74, 6) is 0.272. The molecule has 0 aliphatic carbocycles. The molecule has 1 aromatic rings. The van der Waals surface area contributed by atoms with Gasteiger partial charge in [0.05, 0.1) is 8.95 Å². The minimum absolute atomic E-state index is 0.272. The zero-order valence-corrected chi connectivity index (χ0v) is 13.6. The van der Waals surface area contributed by atoms with Crippen molar-refractivity contribution < 1.29 is 5.11 Å². The van der Waals surface area contributed by atoms with Crippen LogP contribution in [-0.4, -0.2) is 36.2 Å². The number of benzene rings is 1. The standard InChI is InChI=1S/C13H18Br2N2O/c1-2-12(17-5-3-16-4-6-17)9-7-10(14)13(18)11(15)8-9/h7-8,12,16,18H,2-6H2,1H3/t12-/m1/s1. The van der Waals surface area contributed by atoms with Gasteiger partial charge in [0.2, 0.25) is 0 Å². The second-order valence-electron chi connectivity index (χ2n) is 4.54. The van der Waals surface area contributed by atoms with E-state index < -0.39 is 0 Å². The average molecular weight is 378 g/mol. The molecule has 1 heterocycles. The highest BCUT2D eigenvalue weighted by molar-refractivity contribution is 9.11. The van der Waals surface area contributed by atoms with Crippen molar-refractivity contribution in [1.82, 2.24) is 10.2 Å². The molecule has 3 nitrogen and oxygen atoms in total. The maximum absolute atomic E-state index is 9.78. The van der Waals surface area contributed by atoms with E-state index in [9.17, 15) is 5.11 Å². The molecule has 0 aromatic heterocycles. The predicted octanol–water partition coefficient (Wildman–Crippen LogP) is 3.27. The van der Waals surface area contributed by atoms with Crippen molar-refractivity contribution in [3.8, 4) is 5.75 Å². The molecule has 1 aliphatic heterocycles. The van der Waals surface area contributed by atoms with Crippen molar-refractivity contribution >= 4 is 31.9 Å². The van der Waals surface area contributed by atoms with Gasteiger partial charge in [-0.1, -0.05) is 6.92 Å². The summed E-state index contributed by atoms with van der Waals surface area (Å²) in [6.07, 6.45) is 1.07. The molecule has 1 aliphatic rings. The van der Waals surface area contributed by atoms with Gasteiger partial charge >= 0.3 is 0 Å². The molecular formula is C13H18Br2N2O.